The number of rotatable bonds is 7. The third-order valence-electron chi connectivity index (χ3n) is 3.39. The summed E-state index contributed by atoms with van der Waals surface area (Å²) in [5.41, 5.74) is 0.193. The lowest BCUT2D eigenvalue weighted by atomic mass is 10.2. The molecule has 1 atom stereocenters. The van der Waals surface area contributed by atoms with E-state index in [0.29, 0.717) is 18.1 Å². The summed E-state index contributed by atoms with van der Waals surface area (Å²) in [5.74, 6) is -2.68. The summed E-state index contributed by atoms with van der Waals surface area (Å²) in [7, 11) is 0. The molecule has 0 fully saturated rings. The molecule has 1 unspecified atom stereocenters. The predicted molar refractivity (Wildman–Crippen MR) is 97.3 cm³/mol. The van der Waals surface area contributed by atoms with Crippen LogP contribution < -0.4 is 5.32 Å². The highest BCUT2D eigenvalue weighted by Gasteiger charge is 2.20. The Morgan fingerprint density at radius 2 is 1.85 bits per heavy atom. The minimum Gasteiger partial charge on any atom is -0.465 e. The number of amides is 1. The number of esters is 1. The Balaban J connectivity index is 2.15. The van der Waals surface area contributed by atoms with Crippen LogP contribution in [0.1, 0.15) is 30.6 Å². The van der Waals surface area contributed by atoms with Crippen LogP contribution >= 0.6 is 11.8 Å². The number of anilines is 1. The number of ether oxygens (including phenoxy) is 1. The van der Waals surface area contributed by atoms with Gasteiger partial charge in [0.25, 0.3) is 5.91 Å². The van der Waals surface area contributed by atoms with Gasteiger partial charge < -0.3 is 10.1 Å². The van der Waals surface area contributed by atoms with Crippen molar-refractivity contribution in [3.63, 3.8) is 0 Å². The summed E-state index contributed by atoms with van der Waals surface area (Å²) in [4.78, 5) is 24.0. The molecule has 138 valence electrons. The quantitative estimate of drug-likeness (QED) is 0.562. The first kappa shape index (κ1) is 19.9. The fraction of sp³-hybridized carbons (Fsp3) is 0.263. The van der Waals surface area contributed by atoms with Gasteiger partial charge in [-0.3, -0.25) is 9.59 Å². The number of nitrogens with one attached hydrogen (secondary N) is 1. The lowest BCUT2D eigenvalue weighted by Crippen LogP contribution is -2.17. The summed E-state index contributed by atoms with van der Waals surface area (Å²) >= 11 is 0.907. The summed E-state index contributed by atoms with van der Waals surface area (Å²) in [6.45, 7) is 3.73. The zero-order valence-electron chi connectivity index (χ0n) is 14.4. The van der Waals surface area contributed by atoms with Gasteiger partial charge in [0.15, 0.2) is 0 Å². The van der Waals surface area contributed by atoms with E-state index in [1.807, 2.05) is 6.92 Å². The van der Waals surface area contributed by atoms with Crippen molar-refractivity contribution in [2.24, 2.45) is 0 Å². The molecular formula is C19H19F2NO3S. The maximum Gasteiger partial charge on any atom is 0.319 e. The van der Waals surface area contributed by atoms with E-state index < -0.39 is 28.8 Å². The Morgan fingerprint density at radius 3 is 2.50 bits per heavy atom. The van der Waals surface area contributed by atoms with E-state index >= 15 is 0 Å². The molecule has 2 aromatic rings. The van der Waals surface area contributed by atoms with Gasteiger partial charge in [-0.25, -0.2) is 8.78 Å². The van der Waals surface area contributed by atoms with Crippen LogP contribution in [0.15, 0.2) is 47.4 Å². The topological polar surface area (TPSA) is 55.4 Å². The van der Waals surface area contributed by atoms with E-state index in [1.54, 1.807) is 37.3 Å². The van der Waals surface area contributed by atoms with Crippen LogP contribution in [0.5, 0.6) is 0 Å². The molecule has 0 heterocycles. The molecule has 0 aliphatic carbocycles. The maximum absolute atomic E-state index is 14.0. The first-order valence-electron chi connectivity index (χ1n) is 8.11. The molecule has 2 aromatic carbocycles. The standard InChI is InChI=1S/C19H19F2NO3S/c1-3-9-25-19(24)12(2)26-17-11-16(14(20)10-15(17)21)22-18(23)13-7-5-4-6-8-13/h4-8,10-12H,3,9H2,1-2H3,(H,22,23). The summed E-state index contributed by atoms with van der Waals surface area (Å²) in [6, 6.07) is 10.1. The zero-order chi connectivity index (χ0) is 19.1. The number of benzene rings is 2. The number of thioether (sulfide) groups is 1. The van der Waals surface area contributed by atoms with Crippen LogP contribution in [0, 0.1) is 11.6 Å². The summed E-state index contributed by atoms with van der Waals surface area (Å²) < 4.78 is 33.1. The number of hydrogen-bond donors (Lipinski definition) is 1. The molecular weight excluding hydrogens is 360 g/mol. The Morgan fingerprint density at radius 1 is 1.15 bits per heavy atom. The van der Waals surface area contributed by atoms with Gasteiger partial charge in [0, 0.05) is 16.5 Å². The van der Waals surface area contributed by atoms with Gasteiger partial charge >= 0.3 is 5.97 Å². The van der Waals surface area contributed by atoms with Crippen LogP contribution in [-0.2, 0) is 9.53 Å². The molecule has 0 bridgehead atoms. The fourth-order valence-corrected chi connectivity index (χ4v) is 2.96. The van der Waals surface area contributed by atoms with Gasteiger partial charge in [0.05, 0.1) is 12.3 Å². The molecule has 0 spiro atoms. The van der Waals surface area contributed by atoms with Crippen LogP contribution in [0.25, 0.3) is 0 Å². The Hall–Kier alpha value is -2.41. The van der Waals surface area contributed by atoms with Gasteiger partial charge in [-0.1, -0.05) is 25.1 Å². The second-order valence-corrected chi connectivity index (χ2v) is 6.89. The largest absolute Gasteiger partial charge is 0.465 e. The van der Waals surface area contributed by atoms with Crippen molar-refractivity contribution in [2.45, 2.75) is 30.4 Å². The van der Waals surface area contributed by atoms with E-state index in [4.69, 9.17) is 4.74 Å². The molecule has 2 rings (SSSR count). The lowest BCUT2D eigenvalue weighted by molar-refractivity contribution is -0.142. The first-order chi connectivity index (χ1) is 12.4. The van der Waals surface area contributed by atoms with Crippen molar-refractivity contribution in [3.05, 3.63) is 59.7 Å². The number of hydrogen-bond acceptors (Lipinski definition) is 4. The normalized spacial score (nSPS) is 11.7. The van der Waals surface area contributed by atoms with E-state index in [-0.39, 0.29) is 17.2 Å². The predicted octanol–water partition coefficient (Wildman–Crippen LogP) is 4.65. The van der Waals surface area contributed by atoms with Crippen LogP contribution in [0.4, 0.5) is 14.5 Å². The van der Waals surface area contributed by atoms with Crippen molar-refractivity contribution in [3.8, 4) is 0 Å². The van der Waals surface area contributed by atoms with Gasteiger partial charge in [-0.15, -0.1) is 11.8 Å². The van der Waals surface area contributed by atoms with Crippen molar-refractivity contribution in [1.82, 2.24) is 0 Å². The zero-order valence-corrected chi connectivity index (χ0v) is 15.2. The van der Waals surface area contributed by atoms with Crippen LogP contribution in [0.3, 0.4) is 0 Å². The molecule has 1 N–H and O–H groups in total. The average Bonchev–Trinajstić information content (AvgIpc) is 2.64. The smallest absolute Gasteiger partial charge is 0.319 e. The minimum atomic E-state index is -0.891. The molecule has 1 amide bonds. The van der Waals surface area contributed by atoms with Gasteiger partial charge in [-0.2, -0.15) is 0 Å². The number of carbonyl (C=O) groups is 2. The molecule has 0 aliphatic rings. The highest BCUT2D eigenvalue weighted by Crippen LogP contribution is 2.31. The molecule has 0 saturated carbocycles. The SMILES string of the molecule is CCCOC(=O)C(C)Sc1cc(NC(=O)c2ccccc2)c(F)cc1F. The second-order valence-electron chi connectivity index (χ2n) is 5.51. The third-order valence-corrected chi connectivity index (χ3v) is 4.50. The lowest BCUT2D eigenvalue weighted by Gasteiger charge is -2.13. The van der Waals surface area contributed by atoms with Gasteiger partial charge in [-0.05, 0) is 31.5 Å². The highest BCUT2D eigenvalue weighted by atomic mass is 32.2. The average molecular weight is 379 g/mol. The number of halogens is 2. The van der Waals surface area contributed by atoms with Crippen LogP contribution in [0.2, 0.25) is 0 Å². The highest BCUT2D eigenvalue weighted by molar-refractivity contribution is 8.00. The molecule has 0 radical (unpaired) electrons. The van der Waals surface area contributed by atoms with Crippen molar-refractivity contribution in [1.29, 1.82) is 0 Å². The van der Waals surface area contributed by atoms with E-state index in [2.05, 4.69) is 5.32 Å². The Kier molecular flexibility index (Phi) is 7.15. The molecule has 0 saturated heterocycles. The molecule has 7 heteroatoms. The minimum absolute atomic E-state index is 0.0516. The maximum atomic E-state index is 14.0. The van der Waals surface area contributed by atoms with Crippen molar-refractivity contribution in [2.75, 3.05) is 11.9 Å². The summed E-state index contributed by atoms with van der Waals surface area (Å²) in [5, 5.41) is 1.75. The molecule has 26 heavy (non-hydrogen) atoms. The monoisotopic (exact) mass is 379 g/mol. The summed E-state index contributed by atoms with van der Waals surface area (Å²) in [6.07, 6.45) is 0.684. The Labute approximate surface area is 154 Å². The van der Waals surface area contributed by atoms with Crippen molar-refractivity contribution < 1.29 is 23.1 Å². The van der Waals surface area contributed by atoms with Crippen molar-refractivity contribution >= 4 is 29.3 Å². The fourth-order valence-electron chi connectivity index (χ4n) is 2.06. The Bertz CT molecular complexity index is 784. The van der Waals surface area contributed by atoms with Gasteiger partial charge in [0.2, 0.25) is 0 Å². The first-order valence-corrected chi connectivity index (χ1v) is 8.99. The second kappa shape index (κ2) is 9.33. The molecule has 0 aliphatic heterocycles. The van der Waals surface area contributed by atoms with E-state index in [1.165, 1.54) is 6.07 Å². The third kappa shape index (κ3) is 5.29. The van der Waals surface area contributed by atoms with Crippen LogP contribution in [-0.4, -0.2) is 23.7 Å². The van der Waals surface area contributed by atoms with E-state index in [9.17, 15) is 18.4 Å². The van der Waals surface area contributed by atoms with Gasteiger partial charge in [0.1, 0.15) is 16.9 Å². The van der Waals surface area contributed by atoms with E-state index in [0.717, 1.165) is 11.8 Å². The molecule has 4 nitrogen and oxygen atoms in total. The number of carbonyl (C=O) groups excluding carboxylic acids is 2. The molecule has 0 aromatic heterocycles.